The summed E-state index contributed by atoms with van der Waals surface area (Å²) in [6, 6.07) is 41.2. The molecular weight excluding hydrogens is 1050 g/mol. The van der Waals surface area contributed by atoms with Crippen LogP contribution in [0.25, 0.3) is 22.3 Å². The lowest BCUT2D eigenvalue weighted by molar-refractivity contribution is -0.148. The predicted octanol–water partition coefficient (Wildman–Crippen LogP) is 11.8. The first-order valence-electron chi connectivity index (χ1n) is 23.6. The Bertz CT molecular complexity index is 2880. The molecule has 14 nitrogen and oxygen atoms in total. The summed E-state index contributed by atoms with van der Waals surface area (Å²) in [5.74, 6) is -3.34. The van der Waals surface area contributed by atoms with Gasteiger partial charge in [0.1, 0.15) is 36.7 Å². The number of esters is 2. The summed E-state index contributed by atoms with van der Waals surface area (Å²) >= 11 is 25.7. The maximum absolute atomic E-state index is 13.3. The summed E-state index contributed by atoms with van der Waals surface area (Å²) in [6.07, 6.45) is -0.898. The summed E-state index contributed by atoms with van der Waals surface area (Å²) in [7, 11) is 0. The van der Waals surface area contributed by atoms with Gasteiger partial charge in [0, 0.05) is 12.8 Å². The number of Topliss-reactive ketones (excluding diaryl/α,β-unsaturated/α-hetero) is 2. The minimum atomic E-state index is -1.18. The molecule has 0 radical (unpaired) electrons. The number of carbonyl (C=O) groups is 7. The van der Waals surface area contributed by atoms with Gasteiger partial charge < -0.3 is 35.9 Å². The third kappa shape index (κ3) is 19.9. The van der Waals surface area contributed by atoms with E-state index in [0.717, 1.165) is 33.4 Å². The molecular formula is C58H60Cl4N4O10. The first kappa shape index (κ1) is 61.5. The van der Waals surface area contributed by atoms with E-state index in [9.17, 15) is 33.6 Å². The van der Waals surface area contributed by atoms with Gasteiger partial charge in [-0.1, -0.05) is 175 Å². The quantitative estimate of drug-likeness (QED) is 0.0393. The number of halogens is 4. The number of hydrogen-bond donors (Lipinski definition) is 4. The molecule has 0 spiro atoms. The van der Waals surface area contributed by atoms with Crippen molar-refractivity contribution < 1.29 is 47.8 Å². The van der Waals surface area contributed by atoms with Crippen LogP contribution in [0.5, 0.6) is 0 Å². The Morgan fingerprint density at radius 2 is 0.855 bits per heavy atom. The molecule has 2 atom stereocenters. The Kier molecular flexibility index (Phi) is 24.6. The molecule has 0 heterocycles. The van der Waals surface area contributed by atoms with Crippen molar-refractivity contribution in [3.63, 3.8) is 0 Å². The first-order valence-corrected chi connectivity index (χ1v) is 25.1. The molecule has 0 saturated heterocycles. The van der Waals surface area contributed by atoms with Crippen LogP contribution in [0.2, 0.25) is 20.1 Å². The second-order valence-electron chi connectivity index (χ2n) is 17.8. The van der Waals surface area contributed by atoms with Crippen LogP contribution < -0.4 is 21.7 Å². The zero-order valence-corrected chi connectivity index (χ0v) is 44.4. The van der Waals surface area contributed by atoms with Crippen LogP contribution in [-0.4, -0.2) is 72.2 Å². The van der Waals surface area contributed by atoms with Gasteiger partial charge in [-0.3, -0.25) is 19.2 Å². The van der Waals surface area contributed by atoms with Gasteiger partial charge >= 0.3 is 18.0 Å². The average Bonchev–Trinajstić information content (AvgIpc) is 3.39. The van der Waals surface area contributed by atoms with E-state index in [4.69, 9.17) is 66.3 Å². The zero-order valence-electron chi connectivity index (χ0n) is 41.3. The van der Waals surface area contributed by atoms with Crippen molar-refractivity contribution in [1.29, 1.82) is 0 Å². The number of amides is 3. The van der Waals surface area contributed by atoms with Gasteiger partial charge in [0.2, 0.25) is 0 Å². The lowest BCUT2D eigenvalue weighted by Crippen LogP contribution is -2.43. The van der Waals surface area contributed by atoms with Crippen LogP contribution in [0, 0.1) is 0 Å². The third-order valence-corrected chi connectivity index (χ3v) is 12.1. The molecule has 400 valence electrons. The highest BCUT2D eigenvalue weighted by molar-refractivity contribution is 6.41. The third-order valence-electron chi connectivity index (χ3n) is 10.9. The highest BCUT2D eigenvalue weighted by atomic mass is 35.5. The van der Waals surface area contributed by atoms with Crippen LogP contribution in [-0.2, 0) is 46.6 Å². The number of hydrogen-bond acceptors (Lipinski definition) is 11. The number of nitrogens with one attached hydrogen (secondary N) is 3. The number of carbonyl (C=O) groups excluding carboxylic acids is 7. The van der Waals surface area contributed by atoms with E-state index in [1.54, 1.807) is 57.2 Å². The van der Waals surface area contributed by atoms with Gasteiger partial charge in [0.05, 0.1) is 44.3 Å². The van der Waals surface area contributed by atoms with Gasteiger partial charge in [0.25, 0.3) is 11.8 Å². The van der Waals surface area contributed by atoms with Crippen molar-refractivity contribution in [2.24, 2.45) is 5.73 Å². The smallest absolute Gasteiger partial charge is 0.408 e. The van der Waals surface area contributed by atoms with Crippen LogP contribution in [0.1, 0.15) is 85.7 Å². The first-order chi connectivity index (χ1) is 35.8. The van der Waals surface area contributed by atoms with E-state index >= 15 is 0 Å². The SMILES string of the molecule is C.CC(C)(C)OC(=O)NCC(=O)CC[C@H](NC(=O)c1c(Cl)cc(-c2ccccc2)cc1Cl)C(=O)OCc1ccccc1.NCC(=O)CC[C@H](NC(=O)c1c(Cl)cc(-c2ccccc2)cc1Cl)C(=O)OCc1ccccc1. The monoisotopic (exact) mass is 1110 g/mol. The summed E-state index contributed by atoms with van der Waals surface area (Å²) < 4.78 is 15.9. The molecule has 0 aromatic heterocycles. The Morgan fingerprint density at radius 1 is 0.513 bits per heavy atom. The summed E-state index contributed by atoms with van der Waals surface area (Å²) in [5.41, 5.74) is 9.46. The highest BCUT2D eigenvalue weighted by Gasteiger charge is 2.29. The minimum Gasteiger partial charge on any atom is -0.459 e. The largest absolute Gasteiger partial charge is 0.459 e. The van der Waals surface area contributed by atoms with Crippen molar-refractivity contribution in [3.8, 4) is 22.3 Å². The van der Waals surface area contributed by atoms with E-state index in [-0.39, 0.29) is 102 Å². The van der Waals surface area contributed by atoms with E-state index in [1.165, 1.54) is 0 Å². The van der Waals surface area contributed by atoms with Crippen molar-refractivity contribution in [3.05, 3.63) is 188 Å². The standard InChI is InChI=1S/C31H32Cl2N2O6.C26H24Cl2N2O4.CH4/c1-31(2,3)41-30(39)34-18-23(36)14-15-26(29(38)40-19-20-10-6-4-7-11-20)35-28(37)27-24(32)16-22(17-25(27)33)21-12-8-5-9-13-21;27-21-13-19(18-9-5-2-6-10-18)14-22(28)24(21)25(32)30-23(12-11-20(31)15-29)26(33)34-16-17-7-3-1-4-8-17;/h4-13,16-17,26H,14-15,18-19H2,1-3H3,(H,34,39)(H,35,37);1-10,13-14,23H,11-12,15-16,29H2,(H,30,32);1H4/t26-;23-;/m00./s1. The number of rotatable bonds is 21. The topological polar surface area (TPSA) is 209 Å². The number of ether oxygens (including phenoxy) is 3. The van der Waals surface area contributed by atoms with Crippen molar-refractivity contribution in [2.45, 2.75) is 84.8 Å². The summed E-state index contributed by atoms with van der Waals surface area (Å²) in [4.78, 5) is 88.2. The molecule has 6 aromatic rings. The molecule has 0 saturated carbocycles. The molecule has 18 heteroatoms. The molecule has 0 aliphatic heterocycles. The van der Waals surface area contributed by atoms with Crippen LogP contribution in [0.3, 0.4) is 0 Å². The normalized spacial score (nSPS) is 11.5. The molecule has 6 rings (SSSR count). The van der Waals surface area contributed by atoms with Gasteiger partial charge in [0.15, 0.2) is 5.78 Å². The zero-order chi connectivity index (χ0) is 54.5. The van der Waals surface area contributed by atoms with Gasteiger partial charge in [-0.25, -0.2) is 14.4 Å². The lowest BCUT2D eigenvalue weighted by atomic mass is 10.0. The molecule has 5 N–H and O–H groups in total. The summed E-state index contributed by atoms with van der Waals surface area (Å²) in [5, 5.41) is 8.09. The van der Waals surface area contributed by atoms with Gasteiger partial charge in [-0.05, 0) is 91.3 Å². The number of alkyl carbamates (subject to hydrolysis) is 1. The Balaban J connectivity index is 0.000000330. The van der Waals surface area contributed by atoms with E-state index in [0.29, 0.717) is 0 Å². The van der Waals surface area contributed by atoms with Crippen LogP contribution in [0.4, 0.5) is 4.79 Å². The molecule has 0 bridgehead atoms. The molecule has 0 aliphatic rings. The van der Waals surface area contributed by atoms with Crippen LogP contribution >= 0.6 is 46.4 Å². The minimum absolute atomic E-state index is 0. The van der Waals surface area contributed by atoms with Crippen molar-refractivity contribution in [2.75, 3.05) is 13.1 Å². The fraction of sp³-hybridized carbons (Fsp3) is 0.259. The molecule has 0 unspecified atom stereocenters. The van der Waals surface area contributed by atoms with E-state index in [2.05, 4.69) is 16.0 Å². The number of ketones is 2. The number of nitrogens with two attached hydrogens (primary N) is 1. The fourth-order valence-corrected chi connectivity index (χ4v) is 8.40. The second kappa shape index (κ2) is 30.5. The van der Waals surface area contributed by atoms with Crippen molar-refractivity contribution in [1.82, 2.24) is 16.0 Å². The predicted molar refractivity (Wildman–Crippen MR) is 297 cm³/mol. The summed E-state index contributed by atoms with van der Waals surface area (Å²) in [6.45, 7) is 4.67. The molecule has 6 aromatic carbocycles. The average molecular weight is 1110 g/mol. The Morgan fingerprint density at radius 3 is 1.20 bits per heavy atom. The molecule has 0 aliphatic carbocycles. The molecule has 3 amide bonds. The van der Waals surface area contributed by atoms with Crippen LogP contribution in [0.15, 0.2) is 146 Å². The molecule has 0 fully saturated rings. The highest BCUT2D eigenvalue weighted by Crippen LogP contribution is 2.33. The van der Waals surface area contributed by atoms with Crippen molar-refractivity contribution >= 4 is 87.8 Å². The van der Waals surface area contributed by atoms with E-state index < -0.39 is 47.5 Å². The fourth-order valence-electron chi connectivity index (χ4n) is 7.08. The maximum atomic E-state index is 13.3. The Hall–Kier alpha value is -7.07. The van der Waals surface area contributed by atoms with E-state index in [1.807, 2.05) is 109 Å². The number of benzene rings is 6. The molecule has 76 heavy (non-hydrogen) atoms. The second-order valence-corrected chi connectivity index (χ2v) is 19.4. The maximum Gasteiger partial charge on any atom is 0.408 e. The Labute approximate surface area is 462 Å². The van der Waals surface area contributed by atoms with Gasteiger partial charge in [-0.2, -0.15) is 0 Å². The lowest BCUT2D eigenvalue weighted by Gasteiger charge is -2.20. The van der Waals surface area contributed by atoms with Gasteiger partial charge in [-0.15, -0.1) is 0 Å².